The van der Waals surface area contributed by atoms with Crippen molar-refractivity contribution in [2.45, 2.75) is 32.7 Å². The van der Waals surface area contributed by atoms with Gasteiger partial charge in [0, 0.05) is 25.7 Å². The minimum absolute atomic E-state index is 0.0482. The Hall–Kier alpha value is -1.13. The fourth-order valence-electron chi connectivity index (χ4n) is 2.70. The van der Waals surface area contributed by atoms with Gasteiger partial charge in [-0.1, -0.05) is 13.0 Å². The standard InChI is InChI=1S/C16H25FN2O/c1-12-5-8-19(9-6-12)16-4-3-14(11-15(16)17)13(2)18-7-10-20/h3-4,11-13,18,20H,5-10H2,1-2H3/t13-/m0/s1. The first kappa shape index (κ1) is 15.3. The van der Waals surface area contributed by atoms with Gasteiger partial charge in [0.05, 0.1) is 12.3 Å². The van der Waals surface area contributed by atoms with E-state index in [1.165, 1.54) is 0 Å². The lowest BCUT2D eigenvalue weighted by molar-refractivity contribution is 0.286. The molecule has 3 nitrogen and oxygen atoms in total. The van der Waals surface area contributed by atoms with Gasteiger partial charge in [-0.2, -0.15) is 0 Å². The molecule has 1 heterocycles. The summed E-state index contributed by atoms with van der Waals surface area (Å²) in [5.74, 6) is 0.603. The summed E-state index contributed by atoms with van der Waals surface area (Å²) in [7, 11) is 0. The molecule has 112 valence electrons. The van der Waals surface area contributed by atoms with Crippen LogP contribution in [-0.2, 0) is 0 Å². The van der Waals surface area contributed by atoms with E-state index in [9.17, 15) is 4.39 Å². The van der Waals surface area contributed by atoms with Crippen LogP contribution in [-0.4, -0.2) is 31.3 Å². The highest BCUT2D eigenvalue weighted by molar-refractivity contribution is 5.50. The van der Waals surface area contributed by atoms with Crippen molar-refractivity contribution in [3.05, 3.63) is 29.6 Å². The molecule has 0 amide bonds. The number of piperidine rings is 1. The number of anilines is 1. The summed E-state index contributed by atoms with van der Waals surface area (Å²) < 4.78 is 14.3. The Labute approximate surface area is 120 Å². The minimum Gasteiger partial charge on any atom is -0.395 e. The van der Waals surface area contributed by atoms with Crippen LogP contribution < -0.4 is 10.2 Å². The van der Waals surface area contributed by atoms with E-state index < -0.39 is 0 Å². The van der Waals surface area contributed by atoms with Crippen molar-refractivity contribution in [2.75, 3.05) is 31.1 Å². The summed E-state index contributed by atoms with van der Waals surface area (Å²) in [4.78, 5) is 2.14. The molecule has 0 aromatic heterocycles. The highest BCUT2D eigenvalue weighted by Gasteiger charge is 2.19. The number of nitrogens with one attached hydrogen (secondary N) is 1. The van der Waals surface area contributed by atoms with Crippen LogP contribution >= 0.6 is 0 Å². The highest BCUT2D eigenvalue weighted by Crippen LogP contribution is 2.27. The lowest BCUT2D eigenvalue weighted by atomic mass is 9.98. The van der Waals surface area contributed by atoms with E-state index in [2.05, 4.69) is 17.1 Å². The molecule has 2 rings (SSSR count). The van der Waals surface area contributed by atoms with Gasteiger partial charge in [-0.25, -0.2) is 4.39 Å². The second kappa shape index (κ2) is 7.04. The molecule has 2 N–H and O–H groups in total. The topological polar surface area (TPSA) is 35.5 Å². The van der Waals surface area contributed by atoms with Crippen LogP contribution in [0.5, 0.6) is 0 Å². The molecule has 1 saturated heterocycles. The van der Waals surface area contributed by atoms with E-state index in [0.717, 1.165) is 43.1 Å². The van der Waals surface area contributed by atoms with Crippen molar-refractivity contribution in [1.29, 1.82) is 0 Å². The Bertz CT molecular complexity index is 430. The average molecular weight is 280 g/mol. The number of halogens is 1. The van der Waals surface area contributed by atoms with Crippen molar-refractivity contribution in [3.63, 3.8) is 0 Å². The molecule has 0 spiro atoms. The Morgan fingerprint density at radius 2 is 2.10 bits per heavy atom. The van der Waals surface area contributed by atoms with Crippen LogP contribution in [0.3, 0.4) is 0 Å². The van der Waals surface area contributed by atoms with Crippen LogP contribution in [0.25, 0.3) is 0 Å². The summed E-state index contributed by atoms with van der Waals surface area (Å²) in [6.45, 7) is 6.73. The monoisotopic (exact) mass is 280 g/mol. The summed E-state index contributed by atoms with van der Waals surface area (Å²) in [5.41, 5.74) is 1.64. The number of nitrogens with zero attached hydrogens (tertiary/aromatic N) is 1. The molecule has 1 aromatic rings. The van der Waals surface area contributed by atoms with Crippen molar-refractivity contribution in [3.8, 4) is 0 Å². The third-order valence-corrected chi connectivity index (χ3v) is 4.16. The first-order chi connectivity index (χ1) is 9.61. The smallest absolute Gasteiger partial charge is 0.146 e. The van der Waals surface area contributed by atoms with Gasteiger partial charge in [0.15, 0.2) is 0 Å². The molecule has 0 radical (unpaired) electrons. The largest absolute Gasteiger partial charge is 0.395 e. The predicted octanol–water partition coefficient (Wildman–Crippen LogP) is 2.70. The molecule has 1 fully saturated rings. The number of aliphatic hydroxyl groups excluding tert-OH is 1. The lowest BCUT2D eigenvalue weighted by Crippen LogP contribution is -2.33. The molecule has 1 aromatic carbocycles. The van der Waals surface area contributed by atoms with Crippen molar-refractivity contribution in [2.24, 2.45) is 5.92 Å². The lowest BCUT2D eigenvalue weighted by Gasteiger charge is -2.32. The summed E-state index contributed by atoms with van der Waals surface area (Å²) >= 11 is 0. The zero-order chi connectivity index (χ0) is 14.5. The molecule has 0 aliphatic carbocycles. The third-order valence-electron chi connectivity index (χ3n) is 4.16. The van der Waals surface area contributed by atoms with Crippen LogP contribution in [0, 0.1) is 11.7 Å². The zero-order valence-electron chi connectivity index (χ0n) is 12.4. The quantitative estimate of drug-likeness (QED) is 0.870. The molecule has 0 unspecified atom stereocenters. The van der Waals surface area contributed by atoms with Gasteiger partial charge in [0.2, 0.25) is 0 Å². The summed E-state index contributed by atoms with van der Waals surface area (Å²) in [5, 5.41) is 12.0. The minimum atomic E-state index is -0.144. The average Bonchev–Trinajstić information content (AvgIpc) is 2.46. The summed E-state index contributed by atoms with van der Waals surface area (Å²) in [6, 6.07) is 5.53. The van der Waals surface area contributed by atoms with Crippen LogP contribution in [0.1, 0.15) is 38.3 Å². The fraction of sp³-hybridized carbons (Fsp3) is 0.625. The maximum Gasteiger partial charge on any atom is 0.146 e. The number of rotatable bonds is 5. The van der Waals surface area contributed by atoms with E-state index in [1.807, 2.05) is 19.1 Å². The van der Waals surface area contributed by atoms with E-state index in [-0.39, 0.29) is 18.5 Å². The normalized spacial score (nSPS) is 18.3. The van der Waals surface area contributed by atoms with Gasteiger partial charge in [-0.15, -0.1) is 0 Å². The first-order valence-corrected chi connectivity index (χ1v) is 7.50. The Morgan fingerprint density at radius 1 is 1.40 bits per heavy atom. The predicted molar refractivity (Wildman–Crippen MR) is 80.5 cm³/mol. The Morgan fingerprint density at radius 3 is 2.70 bits per heavy atom. The second-order valence-electron chi connectivity index (χ2n) is 5.78. The Kier molecular flexibility index (Phi) is 5.38. The highest BCUT2D eigenvalue weighted by atomic mass is 19.1. The van der Waals surface area contributed by atoms with Gasteiger partial charge < -0.3 is 15.3 Å². The molecule has 1 atom stereocenters. The van der Waals surface area contributed by atoms with Gasteiger partial charge in [-0.05, 0) is 43.4 Å². The van der Waals surface area contributed by atoms with Gasteiger partial charge in [-0.3, -0.25) is 0 Å². The van der Waals surface area contributed by atoms with Gasteiger partial charge in [0.1, 0.15) is 5.82 Å². The van der Waals surface area contributed by atoms with Crippen molar-refractivity contribution in [1.82, 2.24) is 5.32 Å². The SMILES string of the molecule is CC1CCN(c2ccc([C@H](C)NCCO)cc2F)CC1. The number of hydrogen-bond acceptors (Lipinski definition) is 3. The molecular formula is C16H25FN2O. The van der Waals surface area contributed by atoms with Crippen LogP contribution in [0.2, 0.25) is 0 Å². The number of aliphatic hydroxyl groups is 1. The maximum absolute atomic E-state index is 14.3. The first-order valence-electron chi connectivity index (χ1n) is 7.50. The number of benzene rings is 1. The van der Waals surface area contributed by atoms with Crippen molar-refractivity contribution < 1.29 is 9.50 Å². The van der Waals surface area contributed by atoms with E-state index in [1.54, 1.807) is 6.07 Å². The second-order valence-corrected chi connectivity index (χ2v) is 5.78. The molecule has 4 heteroatoms. The van der Waals surface area contributed by atoms with Crippen molar-refractivity contribution >= 4 is 5.69 Å². The molecule has 0 saturated carbocycles. The van der Waals surface area contributed by atoms with E-state index in [4.69, 9.17) is 5.11 Å². The molecular weight excluding hydrogens is 255 g/mol. The van der Waals surface area contributed by atoms with Gasteiger partial charge >= 0.3 is 0 Å². The Balaban J connectivity index is 2.05. The number of hydrogen-bond donors (Lipinski definition) is 2. The summed E-state index contributed by atoms with van der Waals surface area (Å²) in [6.07, 6.45) is 2.27. The molecule has 0 bridgehead atoms. The van der Waals surface area contributed by atoms with Crippen LogP contribution in [0.4, 0.5) is 10.1 Å². The molecule has 1 aliphatic rings. The third kappa shape index (κ3) is 3.70. The van der Waals surface area contributed by atoms with Crippen LogP contribution in [0.15, 0.2) is 18.2 Å². The van der Waals surface area contributed by atoms with Gasteiger partial charge in [0.25, 0.3) is 0 Å². The zero-order valence-corrected chi connectivity index (χ0v) is 12.4. The molecule has 1 aliphatic heterocycles. The van der Waals surface area contributed by atoms with E-state index >= 15 is 0 Å². The fourth-order valence-corrected chi connectivity index (χ4v) is 2.70. The van der Waals surface area contributed by atoms with E-state index in [0.29, 0.717) is 6.54 Å². The maximum atomic E-state index is 14.3. The molecule has 20 heavy (non-hydrogen) atoms.